The summed E-state index contributed by atoms with van der Waals surface area (Å²) in [5.41, 5.74) is 5.74. The zero-order valence-electron chi connectivity index (χ0n) is 19.9. The molecule has 3 aromatic rings. The molecule has 1 saturated carbocycles. The summed E-state index contributed by atoms with van der Waals surface area (Å²) in [5, 5.41) is 13.9. The molecule has 6 heteroatoms. The number of benzene rings is 2. The number of nitrogens with zero attached hydrogens (tertiary/aromatic N) is 2. The third-order valence-electron chi connectivity index (χ3n) is 6.69. The maximum atomic E-state index is 10.7. The fraction of sp³-hybridized carbons (Fsp3) is 0.429. The topological polar surface area (TPSA) is 73.6 Å². The van der Waals surface area contributed by atoms with Gasteiger partial charge < -0.3 is 14.6 Å². The molecule has 34 heavy (non-hydrogen) atoms. The van der Waals surface area contributed by atoms with Crippen molar-refractivity contribution >= 4 is 5.97 Å². The molecule has 1 fully saturated rings. The summed E-state index contributed by atoms with van der Waals surface area (Å²) in [7, 11) is 1.74. The summed E-state index contributed by atoms with van der Waals surface area (Å²) in [5.74, 6) is 0.0875. The first-order chi connectivity index (χ1) is 16.7. The number of hydrogen-bond donors (Lipinski definition) is 1. The lowest BCUT2D eigenvalue weighted by atomic mass is 9.82. The van der Waals surface area contributed by atoms with Crippen molar-refractivity contribution in [1.29, 1.82) is 0 Å². The Hall–Kier alpha value is -2.96. The molecule has 0 saturated heterocycles. The van der Waals surface area contributed by atoms with Crippen molar-refractivity contribution in [3.05, 3.63) is 66.4 Å². The van der Waals surface area contributed by atoms with E-state index in [1.54, 1.807) is 7.11 Å². The van der Waals surface area contributed by atoms with Crippen molar-refractivity contribution in [2.24, 2.45) is 11.8 Å². The van der Waals surface area contributed by atoms with Crippen molar-refractivity contribution in [3.8, 4) is 22.4 Å². The average molecular weight is 463 g/mol. The smallest absolute Gasteiger partial charge is 0.329 e. The van der Waals surface area contributed by atoms with Crippen molar-refractivity contribution in [1.82, 2.24) is 9.78 Å². The van der Waals surface area contributed by atoms with Crippen LogP contribution < -0.4 is 0 Å². The van der Waals surface area contributed by atoms with Crippen LogP contribution in [0.2, 0.25) is 0 Å². The van der Waals surface area contributed by atoms with E-state index in [-0.39, 0.29) is 6.61 Å². The minimum Gasteiger partial charge on any atom is -0.480 e. The van der Waals surface area contributed by atoms with Crippen molar-refractivity contribution < 1.29 is 19.4 Å². The SMILES string of the molecule is COCCc1c(-c2ccccc2)c(-c2ccccc2)nn1C[C@H]1CC[C@@H](COCC(=O)O)CC1. The van der Waals surface area contributed by atoms with Crippen LogP contribution in [0.1, 0.15) is 31.4 Å². The van der Waals surface area contributed by atoms with Gasteiger partial charge in [-0.3, -0.25) is 4.68 Å². The summed E-state index contributed by atoms with van der Waals surface area (Å²) in [6.07, 6.45) is 5.14. The molecule has 180 valence electrons. The molecule has 2 aromatic carbocycles. The van der Waals surface area contributed by atoms with Crippen LogP contribution in [0.15, 0.2) is 60.7 Å². The first kappa shape index (κ1) is 24.2. The molecular formula is C28H34N2O4. The summed E-state index contributed by atoms with van der Waals surface area (Å²) in [6, 6.07) is 20.9. The number of methoxy groups -OCH3 is 1. The fourth-order valence-corrected chi connectivity index (χ4v) is 4.95. The predicted octanol–water partition coefficient (Wildman–Crippen LogP) is 5.31. The quantitative estimate of drug-likeness (QED) is 0.418. The van der Waals surface area contributed by atoms with Crippen molar-refractivity contribution in [2.75, 3.05) is 26.9 Å². The van der Waals surface area contributed by atoms with E-state index in [1.165, 1.54) is 16.8 Å². The van der Waals surface area contributed by atoms with Gasteiger partial charge in [-0.05, 0) is 43.1 Å². The number of carboxylic acids is 1. The molecule has 0 aliphatic heterocycles. The number of aromatic nitrogens is 2. The van der Waals surface area contributed by atoms with Gasteiger partial charge in [-0.1, -0.05) is 60.7 Å². The van der Waals surface area contributed by atoms with Gasteiger partial charge in [-0.2, -0.15) is 5.10 Å². The molecule has 0 bridgehead atoms. The van der Waals surface area contributed by atoms with Gasteiger partial charge in [0.1, 0.15) is 12.3 Å². The molecule has 1 N–H and O–H groups in total. The van der Waals surface area contributed by atoms with Gasteiger partial charge in [-0.25, -0.2) is 4.79 Å². The van der Waals surface area contributed by atoms with E-state index in [4.69, 9.17) is 19.7 Å². The Morgan fingerprint density at radius 3 is 2.21 bits per heavy atom. The second-order valence-corrected chi connectivity index (χ2v) is 9.12. The normalized spacial score (nSPS) is 18.1. The van der Waals surface area contributed by atoms with E-state index in [9.17, 15) is 4.79 Å². The predicted molar refractivity (Wildman–Crippen MR) is 133 cm³/mol. The second kappa shape index (κ2) is 12.0. The highest BCUT2D eigenvalue weighted by Crippen LogP contribution is 2.37. The third kappa shape index (κ3) is 6.13. The van der Waals surface area contributed by atoms with Crippen molar-refractivity contribution in [3.63, 3.8) is 0 Å². The zero-order chi connectivity index (χ0) is 23.8. The lowest BCUT2D eigenvalue weighted by molar-refractivity contribution is -0.142. The van der Waals surface area contributed by atoms with Crippen LogP contribution in [0, 0.1) is 11.8 Å². The van der Waals surface area contributed by atoms with Gasteiger partial charge in [0, 0.05) is 36.9 Å². The van der Waals surface area contributed by atoms with Gasteiger partial charge in [0.15, 0.2) is 0 Å². The minimum absolute atomic E-state index is 0.208. The largest absolute Gasteiger partial charge is 0.480 e. The standard InChI is InChI=1S/C28H34N2O4/c1-33-17-16-25-27(23-8-4-2-5-9-23)28(24-10-6-3-7-11-24)29-30(25)18-21-12-14-22(15-13-21)19-34-20-26(31)32/h2-11,21-22H,12-20H2,1H3,(H,31,32)/t21-,22+. The number of carbonyl (C=O) groups is 1. The molecule has 0 amide bonds. The van der Waals surface area contributed by atoms with Crippen molar-refractivity contribution in [2.45, 2.75) is 38.6 Å². The number of aliphatic carboxylic acids is 1. The maximum absolute atomic E-state index is 10.7. The number of hydrogen-bond acceptors (Lipinski definition) is 4. The number of carboxylic acid groups (broad SMARTS) is 1. The molecule has 1 heterocycles. The molecule has 1 aliphatic rings. The number of rotatable bonds is 11. The van der Waals surface area contributed by atoms with Gasteiger partial charge >= 0.3 is 5.97 Å². The van der Waals surface area contributed by atoms with Gasteiger partial charge in [0.05, 0.1) is 13.2 Å². The van der Waals surface area contributed by atoms with Crippen LogP contribution in [0.3, 0.4) is 0 Å². The zero-order valence-corrected chi connectivity index (χ0v) is 19.9. The lowest BCUT2D eigenvalue weighted by Crippen LogP contribution is -2.24. The highest BCUT2D eigenvalue weighted by molar-refractivity contribution is 5.82. The van der Waals surface area contributed by atoms with Gasteiger partial charge in [0.2, 0.25) is 0 Å². The Kier molecular flexibility index (Phi) is 8.50. The molecule has 1 aromatic heterocycles. The molecule has 6 nitrogen and oxygen atoms in total. The van der Waals surface area contributed by atoms with E-state index in [0.717, 1.165) is 49.9 Å². The molecule has 0 unspecified atom stereocenters. The highest BCUT2D eigenvalue weighted by atomic mass is 16.5. The molecule has 0 atom stereocenters. The van der Waals surface area contributed by atoms with Crippen LogP contribution in [-0.2, 0) is 27.2 Å². The highest BCUT2D eigenvalue weighted by Gasteiger charge is 2.26. The van der Waals surface area contributed by atoms with E-state index >= 15 is 0 Å². The first-order valence-corrected chi connectivity index (χ1v) is 12.1. The van der Waals surface area contributed by atoms with E-state index in [1.807, 2.05) is 12.1 Å². The Labute approximate surface area is 201 Å². The van der Waals surface area contributed by atoms with Gasteiger partial charge in [-0.15, -0.1) is 0 Å². The average Bonchev–Trinajstić information content (AvgIpc) is 3.22. The maximum Gasteiger partial charge on any atom is 0.329 e. The molecule has 0 radical (unpaired) electrons. The Morgan fingerprint density at radius 1 is 0.971 bits per heavy atom. The fourth-order valence-electron chi connectivity index (χ4n) is 4.95. The molecule has 0 spiro atoms. The Morgan fingerprint density at radius 2 is 1.59 bits per heavy atom. The third-order valence-corrected chi connectivity index (χ3v) is 6.69. The Balaban J connectivity index is 1.57. The summed E-state index contributed by atoms with van der Waals surface area (Å²) in [6.45, 7) is 1.86. The molecule has 1 aliphatic carbocycles. The van der Waals surface area contributed by atoms with Crippen LogP contribution in [-0.4, -0.2) is 47.8 Å². The summed E-state index contributed by atoms with van der Waals surface area (Å²) in [4.78, 5) is 10.7. The van der Waals surface area contributed by atoms with Crippen LogP contribution in [0.5, 0.6) is 0 Å². The van der Waals surface area contributed by atoms with Gasteiger partial charge in [0.25, 0.3) is 0 Å². The molecule has 4 rings (SSSR count). The second-order valence-electron chi connectivity index (χ2n) is 9.12. The monoisotopic (exact) mass is 462 g/mol. The first-order valence-electron chi connectivity index (χ1n) is 12.1. The summed E-state index contributed by atoms with van der Waals surface area (Å²) >= 11 is 0. The van der Waals surface area contributed by atoms with Crippen LogP contribution >= 0.6 is 0 Å². The van der Waals surface area contributed by atoms with E-state index in [2.05, 4.69) is 53.2 Å². The van der Waals surface area contributed by atoms with E-state index < -0.39 is 5.97 Å². The van der Waals surface area contributed by atoms with Crippen LogP contribution in [0.25, 0.3) is 22.4 Å². The summed E-state index contributed by atoms with van der Waals surface area (Å²) < 4.78 is 13.0. The number of ether oxygens (including phenoxy) is 2. The van der Waals surface area contributed by atoms with E-state index in [0.29, 0.717) is 25.0 Å². The molecular weight excluding hydrogens is 428 g/mol. The lowest BCUT2D eigenvalue weighted by Gasteiger charge is -2.28. The minimum atomic E-state index is -0.903. The Bertz CT molecular complexity index is 1040. The van der Waals surface area contributed by atoms with Crippen LogP contribution in [0.4, 0.5) is 0 Å².